The van der Waals surface area contributed by atoms with E-state index in [1.807, 2.05) is 31.2 Å². The highest BCUT2D eigenvalue weighted by molar-refractivity contribution is 7.90. The Balaban J connectivity index is 0.000000367. The molecule has 3 aromatic rings. The van der Waals surface area contributed by atoms with Crippen LogP contribution in [-0.4, -0.2) is 85.1 Å². The quantitative estimate of drug-likeness (QED) is 0.360. The molecule has 17 heteroatoms. The summed E-state index contributed by atoms with van der Waals surface area (Å²) in [5.74, 6) is -5.16. The van der Waals surface area contributed by atoms with Crippen LogP contribution in [0.3, 0.4) is 0 Å². The average Bonchev–Trinajstić information content (AvgIpc) is 3.35. The third kappa shape index (κ3) is 9.09. The zero-order valence-electron chi connectivity index (χ0n) is 22.2. The first-order valence-electron chi connectivity index (χ1n) is 11.9. The van der Waals surface area contributed by atoms with Crippen molar-refractivity contribution in [1.82, 2.24) is 14.2 Å². The molecule has 0 saturated carbocycles. The molecule has 42 heavy (non-hydrogen) atoms. The van der Waals surface area contributed by atoms with Gasteiger partial charge in [-0.1, -0.05) is 18.2 Å². The number of rotatable bonds is 5. The molecular formula is C25H27F6N3O7S. The molecule has 2 aromatic carbocycles. The molecule has 0 bridgehead atoms. The van der Waals surface area contributed by atoms with Gasteiger partial charge in [0.1, 0.15) is 10.6 Å². The number of carboxylic acids is 2. The van der Waals surface area contributed by atoms with Crippen LogP contribution in [0.4, 0.5) is 26.3 Å². The predicted molar refractivity (Wildman–Crippen MR) is 138 cm³/mol. The fourth-order valence-electron chi connectivity index (χ4n) is 3.76. The molecule has 1 aliphatic heterocycles. The molecule has 1 aromatic heterocycles. The fourth-order valence-corrected chi connectivity index (χ4v) is 5.35. The van der Waals surface area contributed by atoms with Gasteiger partial charge < -0.3 is 20.3 Å². The predicted octanol–water partition coefficient (Wildman–Crippen LogP) is 3.87. The summed E-state index contributed by atoms with van der Waals surface area (Å²) in [6, 6.07) is 13.0. The Bertz CT molecular complexity index is 1470. The number of hydrogen-bond acceptors (Lipinski definition) is 7. The largest absolute Gasteiger partial charge is 0.495 e. The van der Waals surface area contributed by atoms with Gasteiger partial charge in [-0.25, -0.2) is 22.0 Å². The lowest BCUT2D eigenvalue weighted by molar-refractivity contribution is -0.193. The summed E-state index contributed by atoms with van der Waals surface area (Å²) in [5.41, 5.74) is 2.70. The van der Waals surface area contributed by atoms with Crippen LogP contribution >= 0.6 is 0 Å². The highest BCUT2D eigenvalue weighted by Gasteiger charge is 2.38. The molecule has 3 N–H and O–H groups in total. The van der Waals surface area contributed by atoms with Gasteiger partial charge in [-0.2, -0.15) is 26.3 Å². The van der Waals surface area contributed by atoms with Crippen LogP contribution in [0.25, 0.3) is 10.9 Å². The van der Waals surface area contributed by atoms with Crippen LogP contribution in [0.2, 0.25) is 0 Å². The first kappa shape index (κ1) is 34.4. The summed E-state index contributed by atoms with van der Waals surface area (Å²) in [5, 5.41) is 18.6. The third-order valence-corrected chi connectivity index (χ3v) is 7.44. The van der Waals surface area contributed by atoms with E-state index in [-0.39, 0.29) is 4.90 Å². The van der Waals surface area contributed by atoms with Crippen molar-refractivity contribution in [2.75, 3.05) is 33.3 Å². The zero-order valence-corrected chi connectivity index (χ0v) is 23.0. The lowest BCUT2D eigenvalue weighted by Gasteiger charge is -2.27. The van der Waals surface area contributed by atoms with Crippen molar-refractivity contribution >= 4 is 32.9 Å². The molecule has 1 aliphatic rings. The van der Waals surface area contributed by atoms with Crippen molar-refractivity contribution in [3.8, 4) is 5.75 Å². The monoisotopic (exact) mass is 627 g/mol. The molecule has 10 nitrogen and oxygen atoms in total. The molecule has 0 aliphatic carbocycles. The Kier molecular flexibility index (Phi) is 11.4. The molecule has 0 atom stereocenters. The molecule has 1 saturated heterocycles. The number of nitrogens with one attached hydrogen (secondary N) is 1. The second kappa shape index (κ2) is 13.9. The number of aliphatic carboxylic acids is 2. The maximum absolute atomic E-state index is 13.4. The highest BCUT2D eigenvalue weighted by atomic mass is 32.2. The van der Waals surface area contributed by atoms with E-state index >= 15 is 0 Å². The first-order valence-corrected chi connectivity index (χ1v) is 13.4. The molecule has 0 unspecified atom stereocenters. The van der Waals surface area contributed by atoms with E-state index in [0.29, 0.717) is 11.3 Å². The smallest absolute Gasteiger partial charge is 0.490 e. The maximum atomic E-state index is 13.4. The SMILES string of the molecule is COc1ccc(C)cc1S(=O)(=O)n1ccc2c(CN3CCNCC3)cccc21.O=C(O)C(F)(F)F.O=C(O)C(F)(F)F. The molecule has 0 spiro atoms. The van der Waals surface area contributed by atoms with Gasteiger partial charge >= 0.3 is 24.3 Å². The van der Waals surface area contributed by atoms with Gasteiger partial charge in [0.2, 0.25) is 0 Å². The summed E-state index contributed by atoms with van der Waals surface area (Å²) in [4.78, 5) is 20.4. The minimum Gasteiger partial charge on any atom is -0.495 e. The molecule has 232 valence electrons. The summed E-state index contributed by atoms with van der Waals surface area (Å²) in [7, 11) is -2.28. The Labute approximate surface area is 236 Å². The van der Waals surface area contributed by atoms with Gasteiger partial charge in [0, 0.05) is 44.3 Å². The van der Waals surface area contributed by atoms with Gasteiger partial charge in [-0.15, -0.1) is 0 Å². The number of aryl methyl sites for hydroxylation is 1. The van der Waals surface area contributed by atoms with E-state index in [9.17, 15) is 34.8 Å². The standard InChI is InChI=1S/C21H25N3O3S.2C2HF3O2/c1-16-6-7-20(27-2)21(14-16)28(25,26)24-11-8-18-17(4-3-5-19(18)24)15-23-12-9-22-10-13-23;2*3-2(4,5)1(6)7/h3-8,11,14,22H,9-10,12-13,15H2,1-2H3;2*(H,6,7). The topological polar surface area (TPSA) is 138 Å². The lowest BCUT2D eigenvalue weighted by Crippen LogP contribution is -2.42. The third-order valence-electron chi connectivity index (χ3n) is 5.73. The average molecular weight is 628 g/mol. The van der Waals surface area contributed by atoms with Crippen LogP contribution in [0.15, 0.2) is 53.6 Å². The molecule has 0 amide bonds. The van der Waals surface area contributed by atoms with E-state index in [1.54, 1.807) is 18.3 Å². The number of piperazine rings is 1. The number of carboxylic acid groups (broad SMARTS) is 2. The van der Waals surface area contributed by atoms with Crippen molar-refractivity contribution in [2.24, 2.45) is 0 Å². The van der Waals surface area contributed by atoms with Crippen LogP contribution in [-0.2, 0) is 26.2 Å². The molecule has 2 heterocycles. The normalized spacial score (nSPS) is 14.3. The van der Waals surface area contributed by atoms with Crippen molar-refractivity contribution in [2.45, 2.75) is 30.7 Å². The van der Waals surface area contributed by atoms with Gasteiger partial charge in [-0.05, 0) is 42.3 Å². The second-order valence-electron chi connectivity index (χ2n) is 8.75. The molecule has 0 radical (unpaired) electrons. The number of methoxy groups -OCH3 is 1. The van der Waals surface area contributed by atoms with Crippen LogP contribution in [0.1, 0.15) is 11.1 Å². The van der Waals surface area contributed by atoms with Crippen molar-refractivity contribution < 1.29 is 59.3 Å². The Morgan fingerprint density at radius 1 is 0.952 bits per heavy atom. The zero-order chi connectivity index (χ0) is 31.9. The summed E-state index contributed by atoms with van der Waals surface area (Å²) in [6.45, 7) is 6.65. The van der Waals surface area contributed by atoms with Gasteiger partial charge in [0.05, 0.1) is 12.6 Å². The van der Waals surface area contributed by atoms with Crippen molar-refractivity contribution in [3.05, 3.63) is 59.8 Å². The number of hydrogen-bond donors (Lipinski definition) is 3. The van der Waals surface area contributed by atoms with Gasteiger partial charge in [0.25, 0.3) is 10.0 Å². The van der Waals surface area contributed by atoms with Gasteiger partial charge in [-0.3, -0.25) is 4.90 Å². The lowest BCUT2D eigenvalue weighted by atomic mass is 10.1. The molecule has 1 fully saturated rings. The minimum atomic E-state index is -5.08. The first-order chi connectivity index (χ1) is 19.4. The number of alkyl halides is 6. The number of nitrogens with zero attached hydrogens (tertiary/aromatic N) is 2. The summed E-state index contributed by atoms with van der Waals surface area (Å²) < 4.78 is 97.0. The number of carbonyl (C=O) groups is 2. The molecular weight excluding hydrogens is 600 g/mol. The molecule has 4 rings (SSSR count). The van der Waals surface area contributed by atoms with Crippen molar-refractivity contribution in [3.63, 3.8) is 0 Å². The van der Waals surface area contributed by atoms with E-state index in [4.69, 9.17) is 24.5 Å². The number of benzene rings is 2. The van der Waals surface area contributed by atoms with E-state index < -0.39 is 34.3 Å². The van der Waals surface area contributed by atoms with Crippen molar-refractivity contribution in [1.29, 1.82) is 0 Å². The number of fused-ring (bicyclic) bond motifs is 1. The Hall–Kier alpha value is -3.83. The van der Waals surface area contributed by atoms with Crippen LogP contribution in [0, 0.1) is 6.92 Å². The highest BCUT2D eigenvalue weighted by Crippen LogP contribution is 2.30. The number of ether oxygens (including phenoxy) is 1. The Morgan fingerprint density at radius 3 is 2.00 bits per heavy atom. The number of halogens is 6. The Morgan fingerprint density at radius 2 is 1.50 bits per heavy atom. The van der Waals surface area contributed by atoms with Gasteiger partial charge in [0.15, 0.2) is 0 Å². The van der Waals surface area contributed by atoms with Crippen LogP contribution in [0.5, 0.6) is 5.75 Å². The second-order valence-corrected chi connectivity index (χ2v) is 10.5. The van der Waals surface area contributed by atoms with Crippen LogP contribution < -0.4 is 10.1 Å². The maximum Gasteiger partial charge on any atom is 0.490 e. The summed E-state index contributed by atoms with van der Waals surface area (Å²) >= 11 is 0. The van der Waals surface area contributed by atoms with E-state index in [1.165, 1.54) is 11.1 Å². The summed E-state index contributed by atoms with van der Waals surface area (Å²) in [6.07, 6.45) is -8.52. The van der Waals surface area contributed by atoms with E-state index in [2.05, 4.69) is 16.3 Å². The number of aromatic nitrogens is 1. The fraction of sp³-hybridized carbons (Fsp3) is 0.360. The minimum absolute atomic E-state index is 0.181. The van der Waals surface area contributed by atoms with E-state index in [0.717, 1.165) is 49.2 Å².